The first kappa shape index (κ1) is 10.6. The van der Waals surface area contributed by atoms with Gasteiger partial charge in [0, 0.05) is 11.3 Å². The highest BCUT2D eigenvalue weighted by Gasteiger charge is 2.16. The van der Waals surface area contributed by atoms with Crippen molar-refractivity contribution in [2.75, 3.05) is 0 Å². The van der Waals surface area contributed by atoms with Gasteiger partial charge in [-0.25, -0.2) is 8.78 Å². The van der Waals surface area contributed by atoms with Crippen LogP contribution in [0.3, 0.4) is 0 Å². The number of hydrogen-bond donors (Lipinski definition) is 1. The minimum atomic E-state index is -2.64. The maximum absolute atomic E-state index is 12.4. The summed E-state index contributed by atoms with van der Waals surface area (Å²) in [5.74, 6) is -0.739. The van der Waals surface area contributed by atoms with Gasteiger partial charge in [0.15, 0.2) is 0 Å². The van der Waals surface area contributed by atoms with Gasteiger partial charge >= 0.3 is 0 Å². The lowest BCUT2D eigenvalue weighted by molar-refractivity contribution is 0.0998. The molecule has 3 nitrogen and oxygen atoms in total. The zero-order valence-electron chi connectivity index (χ0n) is 7.84. The highest BCUT2D eigenvalue weighted by atomic mass is 19.3. The van der Waals surface area contributed by atoms with Crippen LogP contribution in [0.4, 0.5) is 8.78 Å². The lowest BCUT2D eigenvalue weighted by Gasteiger charge is -2.08. The summed E-state index contributed by atoms with van der Waals surface area (Å²) in [4.78, 5) is 14.7. The number of aromatic nitrogens is 1. The molecule has 0 aliphatic heterocycles. The third-order valence-corrected chi connectivity index (χ3v) is 1.94. The Balaban J connectivity index is 3.34. The number of amides is 1. The van der Waals surface area contributed by atoms with Crippen LogP contribution in [0.5, 0.6) is 0 Å². The van der Waals surface area contributed by atoms with Crippen LogP contribution in [0, 0.1) is 13.8 Å². The van der Waals surface area contributed by atoms with Crippen molar-refractivity contribution in [1.29, 1.82) is 0 Å². The predicted molar refractivity (Wildman–Crippen MR) is 47.2 cm³/mol. The summed E-state index contributed by atoms with van der Waals surface area (Å²) in [5.41, 5.74) is 5.41. The van der Waals surface area contributed by atoms with Crippen LogP contribution in [0.2, 0.25) is 0 Å². The van der Waals surface area contributed by atoms with Gasteiger partial charge in [0.05, 0.1) is 11.3 Å². The van der Waals surface area contributed by atoms with Gasteiger partial charge in [-0.05, 0) is 19.9 Å². The molecule has 0 aromatic carbocycles. The van der Waals surface area contributed by atoms with Crippen molar-refractivity contribution in [2.24, 2.45) is 5.73 Å². The van der Waals surface area contributed by atoms with Crippen molar-refractivity contribution in [1.82, 2.24) is 4.98 Å². The summed E-state index contributed by atoms with van der Waals surface area (Å²) in [6, 6.07) is 1.10. The number of alkyl halides is 2. The molecule has 1 heterocycles. The molecule has 76 valence electrons. The average Bonchev–Trinajstić information content (AvgIpc) is 2.02. The van der Waals surface area contributed by atoms with Crippen molar-refractivity contribution in [3.05, 3.63) is 28.6 Å². The lowest BCUT2D eigenvalue weighted by atomic mass is 10.1. The SMILES string of the molecule is Cc1nc(C)c(C(F)F)cc1C(N)=O. The monoisotopic (exact) mass is 200 g/mol. The van der Waals surface area contributed by atoms with Gasteiger partial charge < -0.3 is 5.73 Å². The first-order valence-electron chi connectivity index (χ1n) is 3.99. The predicted octanol–water partition coefficient (Wildman–Crippen LogP) is 1.73. The summed E-state index contributed by atoms with van der Waals surface area (Å²) in [6.07, 6.45) is -2.64. The fourth-order valence-electron chi connectivity index (χ4n) is 1.21. The maximum Gasteiger partial charge on any atom is 0.265 e. The minimum Gasteiger partial charge on any atom is -0.366 e. The molecule has 0 aliphatic rings. The number of rotatable bonds is 2. The molecular formula is C9H10F2N2O. The van der Waals surface area contributed by atoms with Gasteiger partial charge in [-0.2, -0.15) is 0 Å². The molecule has 2 N–H and O–H groups in total. The molecule has 1 aromatic heterocycles. The molecule has 5 heteroatoms. The number of carbonyl (C=O) groups excluding carboxylic acids is 1. The van der Waals surface area contributed by atoms with E-state index in [1.165, 1.54) is 6.92 Å². The number of aryl methyl sites for hydroxylation is 2. The van der Waals surface area contributed by atoms with E-state index in [0.717, 1.165) is 6.07 Å². The van der Waals surface area contributed by atoms with Crippen LogP contribution in [0.15, 0.2) is 6.07 Å². The second kappa shape index (κ2) is 3.69. The molecule has 0 saturated heterocycles. The van der Waals surface area contributed by atoms with E-state index in [1.807, 2.05) is 0 Å². The minimum absolute atomic E-state index is 0.0471. The number of nitrogens with two attached hydrogens (primary N) is 1. The van der Waals surface area contributed by atoms with Gasteiger partial charge in [-0.1, -0.05) is 0 Å². The third kappa shape index (κ3) is 1.86. The van der Waals surface area contributed by atoms with E-state index in [4.69, 9.17) is 5.73 Å². The number of primary amides is 1. The van der Waals surface area contributed by atoms with E-state index >= 15 is 0 Å². The van der Waals surface area contributed by atoms with Crippen LogP contribution in [0.25, 0.3) is 0 Å². The molecule has 1 aromatic rings. The first-order valence-corrected chi connectivity index (χ1v) is 3.99. The molecule has 0 radical (unpaired) electrons. The van der Waals surface area contributed by atoms with Crippen molar-refractivity contribution in [2.45, 2.75) is 20.3 Å². The van der Waals surface area contributed by atoms with Gasteiger partial charge in [-0.15, -0.1) is 0 Å². The maximum atomic E-state index is 12.4. The number of halogens is 2. The van der Waals surface area contributed by atoms with E-state index in [9.17, 15) is 13.6 Å². The molecule has 14 heavy (non-hydrogen) atoms. The highest BCUT2D eigenvalue weighted by Crippen LogP contribution is 2.23. The molecule has 0 aliphatic carbocycles. The molecule has 0 bridgehead atoms. The zero-order chi connectivity index (χ0) is 10.9. The Morgan fingerprint density at radius 1 is 1.43 bits per heavy atom. The highest BCUT2D eigenvalue weighted by molar-refractivity contribution is 5.94. The van der Waals surface area contributed by atoms with Crippen LogP contribution in [0.1, 0.15) is 33.7 Å². The van der Waals surface area contributed by atoms with Crippen molar-refractivity contribution >= 4 is 5.91 Å². The topological polar surface area (TPSA) is 56.0 Å². The Labute approximate surface area is 79.9 Å². The Morgan fingerprint density at radius 2 is 2.00 bits per heavy atom. The molecular weight excluding hydrogens is 190 g/mol. The number of hydrogen-bond acceptors (Lipinski definition) is 2. The summed E-state index contributed by atoms with van der Waals surface area (Å²) >= 11 is 0. The van der Waals surface area contributed by atoms with E-state index in [1.54, 1.807) is 6.92 Å². The standard InChI is InChI=1S/C9H10F2N2O/c1-4-6(8(10)11)3-7(9(12)14)5(2)13-4/h3,8H,1-2H3,(H2,12,14). The Kier molecular flexibility index (Phi) is 2.78. The van der Waals surface area contributed by atoms with E-state index in [-0.39, 0.29) is 16.8 Å². The van der Waals surface area contributed by atoms with E-state index in [0.29, 0.717) is 5.69 Å². The van der Waals surface area contributed by atoms with Crippen LogP contribution >= 0.6 is 0 Å². The zero-order valence-corrected chi connectivity index (χ0v) is 7.84. The molecule has 1 rings (SSSR count). The van der Waals surface area contributed by atoms with Crippen molar-refractivity contribution in [3.63, 3.8) is 0 Å². The van der Waals surface area contributed by atoms with Gasteiger partial charge in [0.25, 0.3) is 12.3 Å². The van der Waals surface area contributed by atoms with E-state index < -0.39 is 12.3 Å². The van der Waals surface area contributed by atoms with Gasteiger partial charge in [0.2, 0.25) is 0 Å². The van der Waals surface area contributed by atoms with Gasteiger partial charge in [-0.3, -0.25) is 9.78 Å². The number of carbonyl (C=O) groups is 1. The lowest BCUT2D eigenvalue weighted by Crippen LogP contribution is -2.15. The van der Waals surface area contributed by atoms with E-state index in [2.05, 4.69) is 4.98 Å². The third-order valence-electron chi connectivity index (χ3n) is 1.94. The van der Waals surface area contributed by atoms with Crippen LogP contribution < -0.4 is 5.73 Å². The fraction of sp³-hybridized carbons (Fsp3) is 0.333. The smallest absolute Gasteiger partial charge is 0.265 e. The molecule has 0 unspecified atom stereocenters. The average molecular weight is 200 g/mol. The van der Waals surface area contributed by atoms with Crippen molar-refractivity contribution in [3.8, 4) is 0 Å². The Morgan fingerprint density at radius 3 is 2.43 bits per heavy atom. The Bertz CT molecular complexity index is 377. The molecule has 0 fully saturated rings. The summed E-state index contributed by atoms with van der Waals surface area (Å²) in [5, 5.41) is 0. The van der Waals surface area contributed by atoms with Crippen LogP contribution in [-0.4, -0.2) is 10.9 Å². The van der Waals surface area contributed by atoms with Crippen molar-refractivity contribution < 1.29 is 13.6 Å². The molecule has 0 saturated carbocycles. The second-order valence-electron chi connectivity index (χ2n) is 2.96. The fourth-order valence-corrected chi connectivity index (χ4v) is 1.21. The Hall–Kier alpha value is -1.52. The first-order chi connectivity index (χ1) is 6.43. The quantitative estimate of drug-likeness (QED) is 0.790. The summed E-state index contributed by atoms with van der Waals surface area (Å²) in [7, 11) is 0. The second-order valence-corrected chi connectivity index (χ2v) is 2.96. The molecule has 0 spiro atoms. The number of pyridine rings is 1. The number of nitrogens with zero attached hydrogens (tertiary/aromatic N) is 1. The molecule has 1 amide bonds. The summed E-state index contributed by atoms with van der Waals surface area (Å²) in [6.45, 7) is 3.03. The van der Waals surface area contributed by atoms with Gasteiger partial charge in [0.1, 0.15) is 0 Å². The molecule has 0 atom stereocenters. The van der Waals surface area contributed by atoms with Crippen LogP contribution in [-0.2, 0) is 0 Å². The summed E-state index contributed by atoms with van der Waals surface area (Å²) < 4.78 is 24.8. The largest absolute Gasteiger partial charge is 0.366 e. The normalized spacial score (nSPS) is 10.6.